The van der Waals surface area contributed by atoms with Gasteiger partial charge in [-0.05, 0) is 19.3 Å². The molecule has 2 aliphatic rings. The quantitative estimate of drug-likeness (QED) is 0.302. The van der Waals surface area contributed by atoms with Gasteiger partial charge >= 0.3 is 0 Å². The van der Waals surface area contributed by atoms with Gasteiger partial charge in [0, 0.05) is 5.92 Å². The van der Waals surface area contributed by atoms with E-state index in [-0.39, 0.29) is 16.0 Å². The zero-order valence-electron chi connectivity index (χ0n) is 9.91. The van der Waals surface area contributed by atoms with Crippen molar-refractivity contribution in [3.05, 3.63) is 34.9 Å². The first-order valence-electron chi connectivity index (χ1n) is 5.83. The number of hydrogen-bond donors (Lipinski definition) is 0. The first-order chi connectivity index (χ1) is 8.73. The van der Waals surface area contributed by atoms with Crippen LogP contribution in [-0.2, 0) is 0 Å². The Morgan fingerprint density at radius 2 is 1.74 bits per heavy atom. The highest BCUT2D eigenvalue weighted by atomic mass is 35.5. The number of hydrogen-bond acceptors (Lipinski definition) is 0. The van der Waals surface area contributed by atoms with Crippen molar-refractivity contribution in [1.82, 2.24) is 0 Å². The lowest BCUT2D eigenvalue weighted by molar-refractivity contribution is 0.565. The van der Waals surface area contributed by atoms with Crippen molar-refractivity contribution in [2.45, 2.75) is 33.3 Å². The lowest BCUT2D eigenvalue weighted by Crippen LogP contribution is -2.43. The average molecular weight is 381 g/mol. The zero-order chi connectivity index (χ0) is 14.5. The fourth-order valence-corrected chi connectivity index (χ4v) is 5.41. The van der Waals surface area contributed by atoms with Crippen molar-refractivity contribution in [2.75, 3.05) is 0 Å². The van der Waals surface area contributed by atoms with Crippen LogP contribution in [0.4, 0.5) is 0 Å². The summed E-state index contributed by atoms with van der Waals surface area (Å²) in [5.41, 5.74) is 0. The van der Waals surface area contributed by atoms with E-state index in [1.54, 1.807) is 0 Å². The van der Waals surface area contributed by atoms with Gasteiger partial charge < -0.3 is 0 Å². The van der Waals surface area contributed by atoms with Gasteiger partial charge in [-0.1, -0.05) is 64.6 Å². The highest BCUT2D eigenvalue weighted by molar-refractivity contribution is 6.65. The maximum Gasteiger partial charge on any atom is 0.166 e. The predicted molar refractivity (Wildman–Crippen MR) is 87.0 cm³/mol. The van der Waals surface area contributed by atoms with E-state index >= 15 is 0 Å². The molecule has 0 N–H and O–H groups in total. The lowest BCUT2D eigenvalue weighted by Gasteiger charge is -2.32. The minimum Gasteiger partial charge on any atom is -0.110 e. The van der Waals surface area contributed by atoms with Crippen LogP contribution in [0.3, 0.4) is 0 Å². The first-order valence-corrected chi connectivity index (χ1v) is 8.09. The first kappa shape index (κ1) is 16.3. The Balaban J connectivity index is 2.34. The fourth-order valence-electron chi connectivity index (χ4n) is 2.63. The van der Waals surface area contributed by atoms with Gasteiger partial charge in [0.25, 0.3) is 0 Å². The Hall–Kier alpha value is 0.960. The van der Waals surface area contributed by atoms with Gasteiger partial charge in [0.15, 0.2) is 4.33 Å². The highest BCUT2D eigenvalue weighted by Crippen LogP contribution is 2.74. The van der Waals surface area contributed by atoms with Gasteiger partial charge in [0.1, 0.15) is 9.75 Å². The molecule has 0 aromatic heterocycles. The molecule has 0 aliphatic heterocycles. The molecular formula is C13H12Cl6. The minimum atomic E-state index is -1.43. The second-order valence-corrected chi connectivity index (χ2v) is 8.14. The van der Waals surface area contributed by atoms with E-state index in [1.165, 1.54) is 0 Å². The molecule has 0 spiro atoms. The lowest BCUT2D eigenvalue weighted by atomic mass is 9.91. The van der Waals surface area contributed by atoms with E-state index < -0.39 is 14.1 Å². The van der Waals surface area contributed by atoms with Crippen molar-refractivity contribution in [3.8, 4) is 0 Å². The van der Waals surface area contributed by atoms with E-state index in [0.29, 0.717) is 6.42 Å². The van der Waals surface area contributed by atoms with Crippen LogP contribution in [0.1, 0.15) is 19.3 Å². The molecule has 0 aromatic rings. The molecule has 0 saturated heterocycles. The summed E-state index contributed by atoms with van der Waals surface area (Å²) in [4.78, 5) is -2.29. The molecule has 2 aliphatic carbocycles. The molecule has 2 rings (SSSR count). The molecule has 106 valence electrons. The summed E-state index contributed by atoms with van der Waals surface area (Å²) in [5.74, 6) is -0.151. The second kappa shape index (κ2) is 5.30. The molecule has 1 fully saturated rings. The van der Waals surface area contributed by atoms with E-state index in [4.69, 9.17) is 69.6 Å². The summed E-state index contributed by atoms with van der Waals surface area (Å²) >= 11 is 38.2. The number of rotatable bonds is 4. The van der Waals surface area contributed by atoms with Crippen LogP contribution < -0.4 is 0 Å². The largest absolute Gasteiger partial charge is 0.166 e. The van der Waals surface area contributed by atoms with Crippen LogP contribution in [-0.4, -0.2) is 14.1 Å². The summed E-state index contributed by atoms with van der Waals surface area (Å²) in [5, 5.41) is 0.507. The molecule has 0 radical (unpaired) electrons. The maximum atomic E-state index is 6.61. The van der Waals surface area contributed by atoms with Crippen LogP contribution in [0.2, 0.25) is 0 Å². The summed E-state index contributed by atoms with van der Waals surface area (Å²) in [6, 6.07) is 0. The Kier molecular flexibility index (Phi) is 4.56. The van der Waals surface area contributed by atoms with E-state index in [1.807, 2.05) is 18.2 Å². The summed E-state index contributed by atoms with van der Waals surface area (Å²) in [6.07, 6.45) is 8.05. The third-order valence-corrected chi connectivity index (χ3v) is 8.03. The van der Waals surface area contributed by atoms with Crippen molar-refractivity contribution < 1.29 is 0 Å². The Bertz CT molecular complexity index is 466. The monoisotopic (exact) mass is 378 g/mol. The van der Waals surface area contributed by atoms with Gasteiger partial charge in [-0.25, -0.2) is 0 Å². The number of allylic oxidation sites excluding steroid dienone is 5. The van der Waals surface area contributed by atoms with E-state index in [2.05, 4.69) is 6.58 Å². The van der Waals surface area contributed by atoms with Gasteiger partial charge in [-0.2, -0.15) is 0 Å². The maximum absolute atomic E-state index is 6.61. The highest BCUT2D eigenvalue weighted by Gasteiger charge is 2.77. The van der Waals surface area contributed by atoms with Crippen LogP contribution in [0.5, 0.6) is 0 Å². The number of alkyl halides is 4. The number of halogens is 6. The van der Waals surface area contributed by atoms with Crippen LogP contribution >= 0.6 is 69.6 Å². The molecule has 3 atom stereocenters. The average Bonchev–Trinajstić information content (AvgIpc) is 2.57. The molecule has 0 nitrogen and oxygen atoms in total. The van der Waals surface area contributed by atoms with E-state index in [0.717, 1.165) is 12.8 Å². The summed E-state index contributed by atoms with van der Waals surface area (Å²) in [7, 11) is 0. The molecule has 0 unspecified atom stereocenters. The molecule has 0 heterocycles. The molecular weight excluding hydrogens is 369 g/mol. The normalized spacial score (nSPS) is 40.4. The van der Waals surface area contributed by atoms with Crippen LogP contribution in [0.25, 0.3) is 0 Å². The fraction of sp³-hybridized carbons (Fsp3) is 0.538. The van der Waals surface area contributed by atoms with Gasteiger partial charge in [-0.15, -0.1) is 29.8 Å². The number of unbranched alkanes of at least 4 members (excludes halogenated alkanes) is 1. The molecule has 0 aromatic carbocycles. The Morgan fingerprint density at radius 1 is 1.11 bits per heavy atom. The number of fused-ring (bicyclic) bond motifs is 2. The predicted octanol–water partition coefficient (Wildman–Crippen LogP) is 6.36. The Morgan fingerprint density at radius 3 is 2.21 bits per heavy atom. The molecule has 2 bridgehead atoms. The molecule has 0 amide bonds. The van der Waals surface area contributed by atoms with Gasteiger partial charge in [-0.3, -0.25) is 0 Å². The molecule has 1 saturated carbocycles. The second-order valence-electron chi connectivity index (χ2n) is 4.82. The van der Waals surface area contributed by atoms with Crippen molar-refractivity contribution in [1.29, 1.82) is 0 Å². The molecule has 6 heteroatoms. The van der Waals surface area contributed by atoms with Gasteiger partial charge in [0.05, 0.1) is 10.1 Å². The van der Waals surface area contributed by atoms with Crippen molar-refractivity contribution in [3.63, 3.8) is 0 Å². The smallest absolute Gasteiger partial charge is 0.110 e. The minimum absolute atomic E-state index is 0.151. The van der Waals surface area contributed by atoms with Crippen molar-refractivity contribution in [2.24, 2.45) is 5.92 Å². The van der Waals surface area contributed by atoms with Crippen LogP contribution in [0.15, 0.2) is 34.9 Å². The summed E-state index contributed by atoms with van der Waals surface area (Å²) < 4.78 is -1.43. The third-order valence-electron chi connectivity index (χ3n) is 3.73. The zero-order valence-corrected chi connectivity index (χ0v) is 14.4. The van der Waals surface area contributed by atoms with Crippen molar-refractivity contribution >= 4 is 69.6 Å². The Labute approximate surface area is 143 Å². The van der Waals surface area contributed by atoms with Gasteiger partial charge in [0.2, 0.25) is 0 Å². The SMILES string of the molecule is C=CCC/C=C\[C@@H]1C[C@]2(Cl)C(Cl)=C(Cl)[C@@]1(Cl)C2(Cl)Cl. The molecule has 19 heavy (non-hydrogen) atoms. The van der Waals surface area contributed by atoms with E-state index in [9.17, 15) is 0 Å². The topological polar surface area (TPSA) is 0 Å². The standard InChI is InChI=1S/C13H12Cl6/c1-2-3-4-5-6-8-7-11(16)9(14)10(15)12(8,17)13(11,18)19/h2,5-6,8H,1,3-4,7H2/b6-5-/t8-,11+,12-/m1/s1. The summed E-state index contributed by atoms with van der Waals surface area (Å²) in [6.45, 7) is 3.67. The third kappa shape index (κ3) is 2.02. The van der Waals surface area contributed by atoms with Crippen LogP contribution in [0, 0.1) is 5.92 Å².